The number of aromatic amines is 2. The summed E-state index contributed by atoms with van der Waals surface area (Å²) in [7, 11) is 3.04. The standard InChI is InChI=1S/C40H47N9O5/c1-23(2)31(47-39(50)54-4)19-44-38(41)49-22-30(53-3)18-35(49)37-43-20-32(45-37)25-9-7-24(8-10-25)26-11-12-28-17-29(14-13-27(28)16-26)33-21-42-36(46-33)34-6-5-15-48(34)40(51)52/h7-14,16-17,20-21,23,30-31,34-35H,5-6,15,18-19,22H2,1-4H3,(H2,41,44)(H,42,46)(H,43,45)(H,47,50)(H,51,52). The molecule has 4 heterocycles. The highest BCUT2D eigenvalue weighted by Crippen LogP contribution is 2.35. The van der Waals surface area contributed by atoms with E-state index in [1.807, 2.05) is 24.9 Å². The first-order valence-corrected chi connectivity index (χ1v) is 18.3. The summed E-state index contributed by atoms with van der Waals surface area (Å²) in [6, 6.07) is 20.5. The number of nitrogens with zero attached hydrogens (tertiary/aromatic N) is 5. The number of hydrogen-bond donors (Lipinski definition) is 5. The minimum atomic E-state index is -0.910. The molecule has 3 aromatic carbocycles. The maximum Gasteiger partial charge on any atom is 0.407 e. The molecule has 2 aliphatic rings. The number of carboxylic acid groups (broad SMARTS) is 1. The highest BCUT2D eigenvalue weighted by Gasteiger charge is 2.37. The van der Waals surface area contributed by atoms with E-state index < -0.39 is 12.2 Å². The van der Waals surface area contributed by atoms with Gasteiger partial charge in [-0.1, -0.05) is 62.4 Å². The number of benzene rings is 3. The number of alkyl carbamates (subject to hydrolysis) is 1. The average molecular weight is 734 g/mol. The van der Waals surface area contributed by atoms with E-state index in [1.165, 1.54) is 12.0 Å². The highest BCUT2D eigenvalue weighted by atomic mass is 16.5. The number of rotatable bonds is 10. The zero-order valence-electron chi connectivity index (χ0n) is 31.0. The van der Waals surface area contributed by atoms with Crippen LogP contribution in [0.15, 0.2) is 78.0 Å². The van der Waals surface area contributed by atoms with Crippen LogP contribution in [0, 0.1) is 5.92 Å². The molecule has 7 rings (SSSR count). The number of nitrogens with two attached hydrogens (primary N) is 1. The van der Waals surface area contributed by atoms with Crippen molar-refractivity contribution in [3.8, 4) is 33.6 Å². The highest BCUT2D eigenvalue weighted by molar-refractivity contribution is 5.90. The van der Waals surface area contributed by atoms with Crippen molar-refractivity contribution in [1.82, 2.24) is 35.1 Å². The second-order valence-electron chi connectivity index (χ2n) is 14.3. The van der Waals surface area contributed by atoms with Gasteiger partial charge in [-0.25, -0.2) is 19.6 Å². The van der Waals surface area contributed by atoms with Gasteiger partial charge in [-0.15, -0.1) is 0 Å². The van der Waals surface area contributed by atoms with Crippen molar-refractivity contribution in [2.75, 3.05) is 33.9 Å². The van der Waals surface area contributed by atoms with Crippen LogP contribution in [-0.4, -0.2) is 99.0 Å². The summed E-state index contributed by atoms with van der Waals surface area (Å²) in [6.07, 6.45) is 4.49. The molecule has 0 bridgehead atoms. The zero-order chi connectivity index (χ0) is 37.9. The Kier molecular flexibility index (Phi) is 10.5. The first-order chi connectivity index (χ1) is 26.1. The minimum absolute atomic E-state index is 0.0360. The monoisotopic (exact) mass is 733 g/mol. The van der Waals surface area contributed by atoms with Gasteiger partial charge in [-0.2, -0.15) is 0 Å². The van der Waals surface area contributed by atoms with E-state index in [9.17, 15) is 14.7 Å². The molecule has 4 unspecified atom stereocenters. The number of carbonyl (C=O) groups excluding carboxylic acids is 1. The van der Waals surface area contributed by atoms with Gasteiger partial charge in [0.25, 0.3) is 0 Å². The topological polar surface area (TPSA) is 187 Å². The number of aliphatic imine (C=N–C) groups is 1. The van der Waals surface area contributed by atoms with E-state index in [2.05, 4.69) is 85.9 Å². The Balaban J connectivity index is 1.04. The molecule has 4 atom stereocenters. The summed E-state index contributed by atoms with van der Waals surface area (Å²) < 4.78 is 10.5. The van der Waals surface area contributed by atoms with Crippen LogP contribution in [0.2, 0.25) is 0 Å². The fourth-order valence-electron chi connectivity index (χ4n) is 7.42. The smallest absolute Gasteiger partial charge is 0.407 e. The molecule has 2 fully saturated rings. The summed E-state index contributed by atoms with van der Waals surface area (Å²) in [5.74, 6) is 1.97. The molecule has 282 valence electrons. The van der Waals surface area contributed by atoms with Crippen LogP contribution >= 0.6 is 0 Å². The number of fused-ring (bicyclic) bond motifs is 1. The molecule has 6 N–H and O–H groups in total. The lowest BCUT2D eigenvalue weighted by Crippen LogP contribution is -2.43. The van der Waals surface area contributed by atoms with Crippen LogP contribution in [0.5, 0.6) is 0 Å². The molecule has 0 radical (unpaired) electrons. The summed E-state index contributed by atoms with van der Waals surface area (Å²) in [5.41, 5.74) is 12.5. The third-order valence-electron chi connectivity index (χ3n) is 10.6. The van der Waals surface area contributed by atoms with Crippen molar-refractivity contribution in [1.29, 1.82) is 0 Å². The number of methoxy groups -OCH3 is 2. The van der Waals surface area contributed by atoms with Crippen molar-refractivity contribution in [3.63, 3.8) is 0 Å². The Bertz CT molecular complexity index is 2140. The van der Waals surface area contributed by atoms with Crippen molar-refractivity contribution in [2.24, 2.45) is 16.6 Å². The second-order valence-corrected chi connectivity index (χ2v) is 14.3. The van der Waals surface area contributed by atoms with Gasteiger partial charge in [0, 0.05) is 32.2 Å². The fourth-order valence-corrected chi connectivity index (χ4v) is 7.42. The van der Waals surface area contributed by atoms with Gasteiger partial charge in [0.15, 0.2) is 5.96 Å². The first kappa shape index (κ1) is 36.5. The van der Waals surface area contributed by atoms with Gasteiger partial charge >= 0.3 is 12.2 Å². The summed E-state index contributed by atoms with van der Waals surface area (Å²) in [4.78, 5) is 47.8. The van der Waals surface area contributed by atoms with Gasteiger partial charge in [0.1, 0.15) is 11.6 Å². The lowest BCUT2D eigenvalue weighted by atomic mass is 9.98. The Morgan fingerprint density at radius 2 is 1.52 bits per heavy atom. The lowest BCUT2D eigenvalue weighted by Gasteiger charge is -2.25. The summed E-state index contributed by atoms with van der Waals surface area (Å²) >= 11 is 0. The molecular weight excluding hydrogens is 686 g/mol. The van der Waals surface area contributed by atoms with E-state index in [4.69, 9.17) is 20.2 Å². The fraction of sp³-hybridized carbons (Fsp3) is 0.375. The van der Waals surface area contributed by atoms with Crippen LogP contribution in [0.3, 0.4) is 0 Å². The van der Waals surface area contributed by atoms with Gasteiger partial charge in [0.2, 0.25) is 0 Å². The van der Waals surface area contributed by atoms with Crippen LogP contribution < -0.4 is 11.1 Å². The predicted molar refractivity (Wildman–Crippen MR) is 207 cm³/mol. The van der Waals surface area contributed by atoms with Crippen molar-refractivity contribution in [3.05, 3.63) is 84.7 Å². The molecule has 54 heavy (non-hydrogen) atoms. The van der Waals surface area contributed by atoms with E-state index in [1.54, 1.807) is 13.3 Å². The van der Waals surface area contributed by atoms with E-state index in [0.717, 1.165) is 63.1 Å². The summed E-state index contributed by atoms with van der Waals surface area (Å²) in [6.45, 7) is 5.44. The zero-order valence-corrected chi connectivity index (χ0v) is 31.0. The van der Waals surface area contributed by atoms with Crippen molar-refractivity contribution >= 4 is 28.9 Å². The molecule has 2 aliphatic heterocycles. The normalized spacial score (nSPS) is 19.5. The second kappa shape index (κ2) is 15.6. The molecule has 14 heteroatoms. The molecule has 0 spiro atoms. The van der Waals surface area contributed by atoms with Crippen LogP contribution in [0.4, 0.5) is 9.59 Å². The minimum Gasteiger partial charge on any atom is -0.465 e. The van der Waals surface area contributed by atoms with Gasteiger partial charge in [-0.05, 0) is 58.4 Å². The van der Waals surface area contributed by atoms with Crippen LogP contribution in [0.1, 0.15) is 56.8 Å². The molecule has 2 saturated heterocycles. The number of guanidine groups is 1. The number of amides is 2. The third-order valence-corrected chi connectivity index (χ3v) is 10.6. The van der Waals surface area contributed by atoms with E-state index >= 15 is 0 Å². The average Bonchev–Trinajstić information content (AvgIpc) is 4.02. The molecule has 5 aromatic rings. The molecule has 2 amide bonds. The molecular formula is C40H47N9O5. The SMILES string of the molecule is COC(=O)NC(CN=C(N)N1CC(OC)CC1c1ncc(-c2ccc(-c3ccc4cc(-c5cnc(C6CCCN6C(=O)O)[nH]5)ccc4c3)cc2)[nH]1)C(C)C. The van der Waals surface area contributed by atoms with Crippen LogP contribution in [-0.2, 0) is 9.47 Å². The lowest BCUT2D eigenvalue weighted by molar-refractivity contribution is 0.113. The number of hydrogen-bond acceptors (Lipinski definition) is 7. The number of aromatic nitrogens is 4. The molecule has 2 aromatic heterocycles. The number of imidazole rings is 2. The number of ether oxygens (including phenoxy) is 2. The number of likely N-dealkylation sites (tertiary alicyclic amines) is 2. The Hall–Kier alpha value is -5.89. The maximum absolute atomic E-state index is 11.8. The van der Waals surface area contributed by atoms with E-state index in [-0.39, 0.29) is 30.1 Å². The van der Waals surface area contributed by atoms with Crippen molar-refractivity contribution < 1.29 is 24.2 Å². The Morgan fingerprint density at radius 1 is 0.907 bits per heavy atom. The molecule has 0 saturated carbocycles. The van der Waals surface area contributed by atoms with Gasteiger partial charge in [-0.3, -0.25) is 9.89 Å². The van der Waals surface area contributed by atoms with Gasteiger partial charge in [0.05, 0.1) is 61.7 Å². The summed E-state index contributed by atoms with van der Waals surface area (Å²) in [5, 5.41) is 14.6. The Labute approximate surface area is 313 Å². The van der Waals surface area contributed by atoms with Crippen molar-refractivity contribution in [2.45, 2.75) is 57.3 Å². The van der Waals surface area contributed by atoms with E-state index in [0.29, 0.717) is 37.8 Å². The first-order valence-electron chi connectivity index (χ1n) is 18.3. The third kappa shape index (κ3) is 7.60. The molecule has 14 nitrogen and oxygen atoms in total. The predicted octanol–water partition coefficient (Wildman–Crippen LogP) is 6.56. The largest absolute Gasteiger partial charge is 0.465 e. The number of H-pyrrole nitrogens is 2. The van der Waals surface area contributed by atoms with Gasteiger partial charge < -0.3 is 40.5 Å². The van der Waals surface area contributed by atoms with Crippen LogP contribution in [0.25, 0.3) is 44.4 Å². The number of nitrogens with one attached hydrogen (secondary N) is 3. The quantitative estimate of drug-likeness (QED) is 0.0783. The maximum atomic E-state index is 11.8. The number of carbonyl (C=O) groups is 2. The molecule has 0 aliphatic carbocycles. The Morgan fingerprint density at radius 3 is 2.17 bits per heavy atom.